The second-order valence-electron chi connectivity index (χ2n) is 19.5. The van der Waals surface area contributed by atoms with Crippen molar-refractivity contribution in [2.75, 3.05) is 0 Å². The van der Waals surface area contributed by atoms with Crippen molar-refractivity contribution in [3.63, 3.8) is 0 Å². The van der Waals surface area contributed by atoms with E-state index >= 15 is 0 Å². The maximum Gasteiger partial charge on any atom is 0.0735 e. The lowest BCUT2D eigenvalue weighted by molar-refractivity contribution is 0.828. The standard InChI is InChI=1S/C69H49N3S/c1-43(49-34-35-58-56-26-14-16-28-62(56)71(64(58)38-49)54-24-8-5-9-25-54)44(2)69(48-32-30-47(31-33-48)46-18-6-4-7-19-46)70-45(3)59-41-55(42-67-68(59)61-37-51-21-11-13-23-53(51)40-66(61)73-67)72-63-29-17-15-27-57(63)60-36-50-20-10-12-22-52(50)39-65(60)72/h4-42,45H,1-3H3/b44-43+,70-69?. The van der Waals surface area contributed by atoms with Gasteiger partial charge in [0.25, 0.3) is 0 Å². The molecule has 1 unspecified atom stereocenters. The highest BCUT2D eigenvalue weighted by molar-refractivity contribution is 7.26. The molecule has 0 N–H and O–H groups in total. The highest BCUT2D eigenvalue weighted by Crippen LogP contribution is 2.45. The Morgan fingerprint density at radius 2 is 0.918 bits per heavy atom. The first-order valence-corrected chi connectivity index (χ1v) is 26.1. The van der Waals surface area contributed by atoms with Crippen molar-refractivity contribution in [3.05, 3.63) is 259 Å². The van der Waals surface area contributed by atoms with E-state index in [1.807, 2.05) is 11.3 Å². The van der Waals surface area contributed by atoms with Gasteiger partial charge < -0.3 is 9.13 Å². The summed E-state index contributed by atoms with van der Waals surface area (Å²) in [6.07, 6.45) is 0. The van der Waals surface area contributed by atoms with E-state index in [0.29, 0.717) is 0 Å². The van der Waals surface area contributed by atoms with E-state index in [4.69, 9.17) is 4.99 Å². The van der Waals surface area contributed by atoms with Crippen LogP contribution in [0.5, 0.6) is 0 Å². The van der Waals surface area contributed by atoms with Gasteiger partial charge in [0, 0.05) is 58.7 Å². The Bertz CT molecular complexity index is 4570. The molecule has 73 heavy (non-hydrogen) atoms. The summed E-state index contributed by atoms with van der Waals surface area (Å²) >= 11 is 1.88. The first-order valence-electron chi connectivity index (χ1n) is 25.3. The minimum Gasteiger partial charge on any atom is -0.309 e. The van der Waals surface area contributed by atoms with E-state index in [2.05, 4.69) is 266 Å². The number of benzene rings is 11. The minimum absolute atomic E-state index is 0.227. The molecule has 3 nitrogen and oxygen atoms in total. The van der Waals surface area contributed by atoms with Crippen LogP contribution in [0.15, 0.2) is 247 Å². The van der Waals surface area contributed by atoms with Crippen LogP contribution in [0.3, 0.4) is 0 Å². The van der Waals surface area contributed by atoms with Crippen LogP contribution in [0.2, 0.25) is 0 Å². The first kappa shape index (κ1) is 43.0. The number of para-hydroxylation sites is 3. The molecule has 0 aliphatic rings. The van der Waals surface area contributed by atoms with Gasteiger partial charge in [0.15, 0.2) is 0 Å². The summed E-state index contributed by atoms with van der Waals surface area (Å²) in [6.45, 7) is 6.84. The van der Waals surface area contributed by atoms with E-state index in [1.165, 1.54) is 113 Å². The molecule has 3 aromatic heterocycles. The van der Waals surface area contributed by atoms with E-state index < -0.39 is 0 Å². The number of aromatic nitrogens is 2. The third kappa shape index (κ3) is 7.12. The van der Waals surface area contributed by atoms with Crippen LogP contribution >= 0.6 is 11.3 Å². The molecule has 14 rings (SSSR count). The van der Waals surface area contributed by atoms with Crippen LogP contribution in [0.1, 0.15) is 43.5 Å². The van der Waals surface area contributed by atoms with E-state index in [1.54, 1.807) is 0 Å². The minimum atomic E-state index is -0.227. The third-order valence-electron chi connectivity index (χ3n) is 15.3. The summed E-state index contributed by atoms with van der Waals surface area (Å²) in [5, 5.41) is 12.5. The van der Waals surface area contributed by atoms with Gasteiger partial charge >= 0.3 is 0 Å². The average molecular weight is 952 g/mol. The Morgan fingerprint density at radius 3 is 1.62 bits per heavy atom. The van der Waals surface area contributed by atoms with Crippen molar-refractivity contribution in [1.82, 2.24) is 9.13 Å². The van der Waals surface area contributed by atoms with Gasteiger partial charge in [-0.15, -0.1) is 11.3 Å². The molecule has 3 heterocycles. The van der Waals surface area contributed by atoms with Crippen LogP contribution in [-0.4, -0.2) is 14.8 Å². The molecule has 0 aliphatic carbocycles. The lowest BCUT2D eigenvalue weighted by atomic mass is 9.93. The number of hydrogen-bond acceptors (Lipinski definition) is 2. The molecular weight excluding hydrogens is 903 g/mol. The predicted octanol–water partition coefficient (Wildman–Crippen LogP) is 19.3. The van der Waals surface area contributed by atoms with Crippen molar-refractivity contribution in [2.24, 2.45) is 4.99 Å². The molecule has 0 spiro atoms. The monoisotopic (exact) mass is 951 g/mol. The molecular formula is C69H49N3S. The Labute approximate surface area is 427 Å². The predicted molar refractivity (Wildman–Crippen MR) is 315 cm³/mol. The first-order chi connectivity index (χ1) is 35.9. The molecule has 0 aliphatic heterocycles. The molecule has 0 bridgehead atoms. The fourth-order valence-corrected chi connectivity index (χ4v) is 12.8. The fourth-order valence-electron chi connectivity index (χ4n) is 11.6. The second kappa shape index (κ2) is 17.2. The molecule has 4 heteroatoms. The van der Waals surface area contributed by atoms with Gasteiger partial charge in [0.05, 0.1) is 33.8 Å². The maximum atomic E-state index is 5.96. The lowest BCUT2D eigenvalue weighted by Gasteiger charge is -2.19. The highest BCUT2D eigenvalue weighted by atomic mass is 32.1. The smallest absolute Gasteiger partial charge is 0.0735 e. The average Bonchev–Trinajstić information content (AvgIpc) is 4.09. The summed E-state index contributed by atoms with van der Waals surface area (Å²) < 4.78 is 7.43. The SMILES string of the molecule is C/C(C(=NC(C)c1cc(-n2c3ccccc3c3cc4ccccc4cc32)cc2sc3cc4ccccc4cc3c12)c1ccc(-c2ccccc2)cc1)=C(/C)c1ccc2c3ccccc3n(-c3ccccc3)c2c1. The molecule has 0 amide bonds. The van der Waals surface area contributed by atoms with Gasteiger partial charge in [0.2, 0.25) is 0 Å². The van der Waals surface area contributed by atoms with Gasteiger partial charge in [0.1, 0.15) is 0 Å². The zero-order chi connectivity index (χ0) is 48.7. The van der Waals surface area contributed by atoms with Gasteiger partial charge in [-0.1, -0.05) is 170 Å². The number of fused-ring (bicyclic) bond motifs is 11. The second-order valence-corrected chi connectivity index (χ2v) is 20.6. The van der Waals surface area contributed by atoms with E-state index in [-0.39, 0.29) is 6.04 Å². The molecule has 0 fully saturated rings. The van der Waals surface area contributed by atoms with E-state index in [9.17, 15) is 0 Å². The maximum absolute atomic E-state index is 5.96. The molecule has 14 aromatic rings. The fraction of sp³-hybridized carbons (Fsp3) is 0.0580. The number of aliphatic imine (C=N–C) groups is 1. The highest BCUT2D eigenvalue weighted by Gasteiger charge is 2.22. The van der Waals surface area contributed by atoms with Gasteiger partial charge in [-0.2, -0.15) is 0 Å². The van der Waals surface area contributed by atoms with Crippen molar-refractivity contribution in [2.45, 2.75) is 26.8 Å². The molecule has 346 valence electrons. The van der Waals surface area contributed by atoms with Crippen LogP contribution in [0.25, 0.3) is 113 Å². The Kier molecular flexibility index (Phi) is 10.1. The summed E-state index contributed by atoms with van der Waals surface area (Å²) in [5.74, 6) is 0. The summed E-state index contributed by atoms with van der Waals surface area (Å²) in [7, 11) is 0. The number of hydrogen-bond donors (Lipinski definition) is 0. The van der Waals surface area contributed by atoms with Crippen molar-refractivity contribution < 1.29 is 0 Å². The lowest BCUT2D eigenvalue weighted by Crippen LogP contribution is -2.08. The summed E-state index contributed by atoms with van der Waals surface area (Å²) in [5.41, 5.74) is 16.2. The van der Waals surface area contributed by atoms with Crippen LogP contribution in [0, 0.1) is 0 Å². The Balaban J connectivity index is 1.00. The normalized spacial score (nSPS) is 13.1. The third-order valence-corrected chi connectivity index (χ3v) is 16.4. The van der Waals surface area contributed by atoms with Crippen molar-refractivity contribution in [3.8, 4) is 22.5 Å². The van der Waals surface area contributed by atoms with E-state index in [0.717, 1.165) is 28.2 Å². The Morgan fingerprint density at radius 1 is 0.397 bits per heavy atom. The topological polar surface area (TPSA) is 22.2 Å². The summed E-state index contributed by atoms with van der Waals surface area (Å²) in [4.78, 5) is 5.96. The van der Waals surface area contributed by atoms with Gasteiger partial charge in [-0.25, -0.2) is 0 Å². The van der Waals surface area contributed by atoms with Gasteiger partial charge in [-0.3, -0.25) is 4.99 Å². The number of rotatable bonds is 8. The molecule has 0 saturated heterocycles. The quantitative estimate of drug-likeness (QED) is 0.135. The number of nitrogens with zero attached hydrogens (tertiary/aromatic N) is 3. The van der Waals surface area contributed by atoms with Gasteiger partial charge in [-0.05, 0) is 142 Å². The van der Waals surface area contributed by atoms with Crippen molar-refractivity contribution in [1.29, 1.82) is 0 Å². The van der Waals surface area contributed by atoms with Crippen molar-refractivity contribution >= 4 is 108 Å². The molecule has 11 aromatic carbocycles. The number of thiophene rings is 1. The largest absolute Gasteiger partial charge is 0.309 e. The van der Waals surface area contributed by atoms with Crippen LogP contribution in [0.4, 0.5) is 0 Å². The number of allylic oxidation sites excluding steroid dienone is 2. The zero-order valence-electron chi connectivity index (χ0n) is 40.8. The molecule has 0 saturated carbocycles. The van der Waals surface area contributed by atoms with Crippen LogP contribution in [-0.2, 0) is 0 Å². The summed E-state index contributed by atoms with van der Waals surface area (Å²) in [6, 6.07) is 86.7. The van der Waals surface area contributed by atoms with Crippen LogP contribution < -0.4 is 0 Å². The molecule has 1 atom stereocenters. The molecule has 0 radical (unpaired) electrons. The zero-order valence-corrected chi connectivity index (χ0v) is 41.7. The Hall–Kier alpha value is -8.83.